The standard InChI is InChI=1S/C29H45N3O3/c1-10-23(11-12-26(30-9)34-19-20(2)3)25-18-31-22(6)24(17-27(33)35-21(4)5)28(25)32-15-13-29(7,8)14-16-32/h10-12,18,20-21H,13-17,19H2,1-9H3/b12-11-,23-10?,30-26?. The summed E-state index contributed by atoms with van der Waals surface area (Å²) in [5, 5.41) is 0. The van der Waals surface area contributed by atoms with E-state index < -0.39 is 0 Å². The molecule has 0 radical (unpaired) electrons. The quantitative estimate of drug-likeness (QED) is 0.182. The monoisotopic (exact) mass is 483 g/mol. The molecule has 0 bridgehead atoms. The third kappa shape index (κ3) is 8.52. The van der Waals surface area contributed by atoms with E-state index in [1.165, 1.54) is 0 Å². The van der Waals surface area contributed by atoms with Crippen molar-refractivity contribution in [3.63, 3.8) is 0 Å². The fourth-order valence-corrected chi connectivity index (χ4v) is 4.14. The number of piperidine rings is 1. The van der Waals surface area contributed by atoms with Gasteiger partial charge in [0.2, 0.25) is 5.90 Å². The lowest BCUT2D eigenvalue weighted by Crippen LogP contribution is -2.38. The van der Waals surface area contributed by atoms with Crippen molar-refractivity contribution in [3.8, 4) is 0 Å². The summed E-state index contributed by atoms with van der Waals surface area (Å²) in [5.41, 5.74) is 5.25. The summed E-state index contributed by atoms with van der Waals surface area (Å²) in [4.78, 5) is 24.1. The van der Waals surface area contributed by atoms with E-state index in [1.54, 1.807) is 7.05 Å². The lowest BCUT2D eigenvalue weighted by Gasteiger charge is -2.40. The molecule has 0 aliphatic carbocycles. The molecule has 1 saturated heterocycles. The summed E-state index contributed by atoms with van der Waals surface area (Å²) in [6, 6.07) is 0. The second-order valence-electron chi connectivity index (χ2n) is 10.8. The number of carbonyl (C=O) groups excluding carboxylic acids is 1. The van der Waals surface area contributed by atoms with Crippen LogP contribution in [-0.2, 0) is 20.7 Å². The minimum atomic E-state index is -0.222. The van der Waals surface area contributed by atoms with Crippen molar-refractivity contribution in [2.24, 2.45) is 16.3 Å². The van der Waals surface area contributed by atoms with Crippen LogP contribution >= 0.6 is 0 Å². The van der Waals surface area contributed by atoms with Gasteiger partial charge in [-0.1, -0.05) is 33.8 Å². The van der Waals surface area contributed by atoms with Crippen molar-refractivity contribution in [1.29, 1.82) is 0 Å². The second-order valence-corrected chi connectivity index (χ2v) is 10.8. The molecule has 1 aromatic heterocycles. The number of nitrogens with zero attached hydrogens (tertiary/aromatic N) is 3. The summed E-state index contributed by atoms with van der Waals surface area (Å²) in [5.74, 6) is 0.798. The zero-order chi connectivity index (χ0) is 26.2. The number of ether oxygens (including phenoxy) is 2. The average Bonchev–Trinajstić information content (AvgIpc) is 2.77. The Morgan fingerprint density at radius 3 is 2.40 bits per heavy atom. The summed E-state index contributed by atoms with van der Waals surface area (Å²) in [6.45, 7) is 19.1. The van der Waals surface area contributed by atoms with E-state index in [4.69, 9.17) is 14.5 Å². The van der Waals surface area contributed by atoms with Gasteiger partial charge < -0.3 is 14.4 Å². The van der Waals surface area contributed by atoms with Crippen LogP contribution in [0.2, 0.25) is 0 Å². The molecular weight excluding hydrogens is 438 g/mol. The topological polar surface area (TPSA) is 64.0 Å². The van der Waals surface area contributed by atoms with E-state index >= 15 is 0 Å². The molecule has 0 amide bonds. The number of allylic oxidation sites excluding steroid dienone is 3. The third-order valence-corrected chi connectivity index (χ3v) is 6.30. The van der Waals surface area contributed by atoms with Gasteiger partial charge in [-0.3, -0.25) is 14.8 Å². The molecule has 6 nitrogen and oxygen atoms in total. The average molecular weight is 484 g/mol. The number of aryl methyl sites for hydroxylation is 1. The lowest BCUT2D eigenvalue weighted by molar-refractivity contribution is -0.146. The highest BCUT2D eigenvalue weighted by Crippen LogP contribution is 2.38. The summed E-state index contributed by atoms with van der Waals surface area (Å²) < 4.78 is 11.3. The van der Waals surface area contributed by atoms with Crippen LogP contribution in [0.3, 0.4) is 0 Å². The molecule has 0 saturated carbocycles. The minimum absolute atomic E-state index is 0.148. The molecule has 194 valence electrons. The first-order valence-electron chi connectivity index (χ1n) is 12.8. The molecule has 1 fully saturated rings. The number of pyridine rings is 1. The van der Waals surface area contributed by atoms with Crippen LogP contribution in [0.4, 0.5) is 5.69 Å². The molecule has 35 heavy (non-hydrogen) atoms. The van der Waals surface area contributed by atoms with Gasteiger partial charge >= 0.3 is 5.97 Å². The Morgan fingerprint density at radius 2 is 1.86 bits per heavy atom. The van der Waals surface area contributed by atoms with Gasteiger partial charge in [-0.15, -0.1) is 0 Å². The van der Waals surface area contributed by atoms with Crippen molar-refractivity contribution in [3.05, 3.63) is 41.2 Å². The van der Waals surface area contributed by atoms with E-state index in [9.17, 15) is 4.79 Å². The highest BCUT2D eigenvalue weighted by molar-refractivity contribution is 5.93. The molecule has 0 aromatic carbocycles. The van der Waals surface area contributed by atoms with Crippen LogP contribution in [0.15, 0.2) is 29.4 Å². The summed E-state index contributed by atoms with van der Waals surface area (Å²) >= 11 is 0. The molecule has 1 aliphatic heterocycles. The summed E-state index contributed by atoms with van der Waals surface area (Å²) in [7, 11) is 1.74. The zero-order valence-electron chi connectivity index (χ0n) is 23.3. The molecule has 0 atom stereocenters. The Hall–Kier alpha value is -2.63. The van der Waals surface area contributed by atoms with Crippen LogP contribution < -0.4 is 4.90 Å². The van der Waals surface area contributed by atoms with Crippen molar-refractivity contribution in [1.82, 2.24) is 4.98 Å². The molecular formula is C29H45N3O3. The van der Waals surface area contributed by atoms with Gasteiger partial charge in [0.1, 0.15) is 0 Å². The van der Waals surface area contributed by atoms with Crippen molar-refractivity contribution < 1.29 is 14.3 Å². The number of carbonyl (C=O) groups is 1. The number of aliphatic imine (C=N–C) groups is 1. The minimum Gasteiger partial charge on any atom is -0.478 e. The highest BCUT2D eigenvalue weighted by Gasteiger charge is 2.29. The lowest BCUT2D eigenvalue weighted by atomic mass is 9.82. The third-order valence-electron chi connectivity index (χ3n) is 6.30. The fraction of sp³-hybridized carbons (Fsp3) is 0.621. The predicted octanol–water partition coefficient (Wildman–Crippen LogP) is 6.17. The van der Waals surface area contributed by atoms with Crippen LogP contribution in [-0.4, -0.2) is 49.7 Å². The smallest absolute Gasteiger partial charge is 0.310 e. The van der Waals surface area contributed by atoms with Crippen molar-refractivity contribution >= 4 is 23.1 Å². The maximum atomic E-state index is 12.7. The van der Waals surface area contributed by atoms with Gasteiger partial charge in [0.05, 0.1) is 24.8 Å². The van der Waals surface area contributed by atoms with E-state index in [1.807, 2.05) is 46.0 Å². The van der Waals surface area contributed by atoms with Gasteiger partial charge in [-0.2, -0.15) is 0 Å². The Morgan fingerprint density at radius 1 is 1.20 bits per heavy atom. The Labute approximate surface area is 212 Å². The van der Waals surface area contributed by atoms with Gasteiger partial charge in [-0.25, -0.2) is 0 Å². The van der Waals surface area contributed by atoms with E-state index in [2.05, 4.69) is 43.7 Å². The maximum absolute atomic E-state index is 12.7. The number of anilines is 1. The highest BCUT2D eigenvalue weighted by atomic mass is 16.5. The molecule has 1 aromatic rings. The number of aromatic nitrogens is 1. The molecule has 0 spiro atoms. The molecule has 1 aliphatic rings. The molecule has 6 heteroatoms. The first-order valence-corrected chi connectivity index (χ1v) is 12.8. The largest absolute Gasteiger partial charge is 0.478 e. The first kappa shape index (κ1) is 28.6. The first-order chi connectivity index (χ1) is 16.5. The van der Waals surface area contributed by atoms with Crippen LogP contribution in [0.5, 0.6) is 0 Å². The Bertz CT molecular complexity index is 948. The normalized spacial score (nSPS) is 16.9. The van der Waals surface area contributed by atoms with Crippen LogP contribution in [0, 0.1) is 18.3 Å². The molecule has 2 rings (SSSR count). The molecule has 0 unspecified atom stereocenters. The second kappa shape index (κ2) is 12.9. The number of hydrogen-bond donors (Lipinski definition) is 0. The van der Waals surface area contributed by atoms with E-state index in [0.29, 0.717) is 23.8 Å². The number of hydrogen-bond acceptors (Lipinski definition) is 6. The van der Waals surface area contributed by atoms with E-state index in [0.717, 1.165) is 54.0 Å². The van der Waals surface area contributed by atoms with Gasteiger partial charge in [0.15, 0.2) is 0 Å². The van der Waals surface area contributed by atoms with Crippen molar-refractivity contribution in [2.45, 2.75) is 80.8 Å². The molecule has 0 N–H and O–H groups in total. The van der Waals surface area contributed by atoms with Gasteiger partial charge in [-0.05, 0) is 63.5 Å². The number of esters is 1. The van der Waals surface area contributed by atoms with Crippen LogP contribution in [0.1, 0.15) is 78.1 Å². The molecule has 2 heterocycles. The fourth-order valence-electron chi connectivity index (χ4n) is 4.14. The Balaban J connectivity index is 2.51. The SMILES string of the molecule is CC=C(/C=C\C(=NC)OCC(C)C)c1cnc(C)c(CC(=O)OC(C)C)c1N1CCC(C)(C)CC1. The van der Waals surface area contributed by atoms with Gasteiger partial charge in [0.25, 0.3) is 0 Å². The zero-order valence-corrected chi connectivity index (χ0v) is 23.3. The Kier molecular flexibility index (Phi) is 10.5. The van der Waals surface area contributed by atoms with E-state index in [-0.39, 0.29) is 18.5 Å². The predicted molar refractivity (Wildman–Crippen MR) is 146 cm³/mol. The van der Waals surface area contributed by atoms with Crippen LogP contribution in [0.25, 0.3) is 5.57 Å². The summed E-state index contributed by atoms with van der Waals surface area (Å²) in [6.07, 6.45) is 10.2. The van der Waals surface area contributed by atoms with Crippen molar-refractivity contribution in [2.75, 3.05) is 31.6 Å². The number of rotatable bonds is 9. The maximum Gasteiger partial charge on any atom is 0.310 e. The van der Waals surface area contributed by atoms with Gasteiger partial charge in [0, 0.05) is 49.2 Å².